The predicted molar refractivity (Wildman–Crippen MR) is 41.3 cm³/mol. The maximum Gasteiger partial charge on any atom is 0.0882 e. The van der Waals surface area contributed by atoms with Crippen LogP contribution in [0.15, 0.2) is 0 Å². The van der Waals surface area contributed by atoms with E-state index < -0.39 is 5.60 Å². The monoisotopic (exact) mass is 160 g/mol. The molecule has 3 heteroatoms. The van der Waals surface area contributed by atoms with Gasteiger partial charge in [0, 0.05) is 13.2 Å². The van der Waals surface area contributed by atoms with Crippen LogP contribution in [-0.2, 0) is 4.74 Å². The first-order valence-corrected chi connectivity index (χ1v) is 4.11. The van der Waals surface area contributed by atoms with E-state index in [0.717, 1.165) is 12.8 Å². The molecule has 0 aromatic rings. The van der Waals surface area contributed by atoms with Crippen molar-refractivity contribution < 1.29 is 14.9 Å². The smallest absolute Gasteiger partial charge is 0.0882 e. The average molecular weight is 160 g/mol. The largest absolute Gasteiger partial charge is 0.396 e. The van der Waals surface area contributed by atoms with Gasteiger partial charge in [-0.3, -0.25) is 0 Å². The molecule has 1 heterocycles. The van der Waals surface area contributed by atoms with Crippen LogP contribution in [0.25, 0.3) is 0 Å². The van der Waals surface area contributed by atoms with Crippen molar-refractivity contribution in [2.24, 2.45) is 0 Å². The summed E-state index contributed by atoms with van der Waals surface area (Å²) in [7, 11) is 0. The number of hydrogen-bond acceptors (Lipinski definition) is 3. The molecule has 0 amide bonds. The topological polar surface area (TPSA) is 49.7 Å². The fraction of sp³-hybridized carbons (Fsp3) is 1.00. The Morgan fingerprint density at radius 2 is 2.36 bits per heavy atom. The molecular weight excluding hydrogens is 144 g/mol. The molecule has 0 radical (unpaired) electrons. The van der Waals surface area contributed by atoms with Crippen molar-refractivity contribution in [3.63, 3.8) is 0 Å². The van der Waals surface area contributed by atoms with Gasteiger partial charge in [-0.1, -0.05) is 0 Å². The number of hydrogen-bond donors (Lipinski definition) is 2. The molecule has 11 heavy (non-hydrogen) atoms. The number of aliphatic hydroxyl groups excluding tert-OH is 1. The number of aliphatic hydroxyl groups is 2. The van der Waals surface area contributed by atoms with E-state index in [-0.39, 0.29) is 12.7 Å². The third-order valence-corrected chi connectivity index (χ3v) is 2.23. The highest BCUT2D eigenvalue weighted by Gasteiger charge is 2.34. The average Bonchev–Trinajstić information content (AvgIpc) is 1.94. The molecule has 1 aliphatic rings. The Morgan fingerprint density at radius 1 is 1.64 bits per heavy atom. The quantitative estimate of drug-likeness (QED) is 0.610. The minimum atomic E-state index is -0.735. The standard InChI is InChI=1S/C8H16O3/c1-8(10)4-2-6-11-7(8)3-5-9/h7,9-10H,2-6H2,1H3. The van der Waals surface area contributed by atoms with Gasteiger partial charge in [-0.25, -0.2) is 0 Å². The molecule has 1 fully saturated rings. The van der Waals surface area contributed by atoms with Crippen LogP contribution in [0.1, 0.15) is 26.2 Å². The molecule has 0 spiro atoms. The van der Waals surface area contributed by atoms with Crippen LogP contribution < -0.4 is 0 Å². The van der Waals surface area contributed by atoms with Crippen molar-refractivity contribution in [1.82, 2.24) is 0 Å². The van der Waals surface area contributed by atoms with Gasteiger partial charge in [0.15, 0.2) is 0 Å². The zero-order chi connectivity index (χ0) is 8.32. The van der Waals surface area contributed by atoms with Gasteiger partial charge in [-0.2, -0.15) is 0 Å². The lowest BCUT2D eigenvalue weighted by atomic mass is 9.89. The van der Waals surface area contributed by atoms with Crippen LogP contribution in [-0.4, -0.2) is 35.1 Å². The lowest BCUT2D eigenvalue weighted by Crippen LogP contribution is -2.45. The van der Waals surface area contributed by atoms with Gasteiger partial charge < -0.3 is 14.9 Å². The van der Waals surface area contributed by atoms with Crippen LogP contribution in [0.3, 0.4) is 0 Å². The molecule has 1 rings (SSSR count). The molecule has 0 aliphatic carbocycles. The third kappa shape index (κ3) is 2.15. The normalized spacial score (nSPS) is 39.0. The maximum atomic E-state index is 9.73. The first-order valence-electron chi connectivity index (χ1n) is 4.11. The Bertz CT molecular complexity index is 121. The van der Waals surface area contributed by atoms with Crippen molar-refractivity contribution in [2.45, 2.75) is 37.9 Å². The van der Waals surface area contributed by atoms with Gasteiger partial charge in [0.05, 0.1) is 11.7 Å². The molecule has 0 saturated carbocycles. The summed E-state index contributed by atoms with van der Waals surface area (Å²) >= 11 is 0. The van der Waals surface area contributed by atoms with Crippen LogP contribution in [0.5, 0.6) is 0 Å². The Balaban J connectivity index is 2.45. The molecule has 2 atom stereocenters. The maximum absolute atomic E-state index is 9.73. The third-order valence-electron chi connectivity index (χ3n) is 2.23. The molecule has 2 unspecified atom stereocenters. The van der Waals surface area contributed by atoms with Gasteiger partial charge in [-0.05, 0) is 26.2 Å². The second kappa shape index (κ2) is 3.52. The van der Waals surface area contributed by atoms with Crippen molar-refractivity contribution in [3.8, 4) is 0 Å². The molecule has 1 aliphatic heterocycles. The van der Waals surface area contributed by atoms with Gasteiger partial charge in [-0.15, -0.1) is 0 Å². The number of ether oxygens (including phenoxy) is 1. The van der Waals surface area contributed by atoms with E-state index in [4.69, 9.17) is 9.84 Å². The summed E-state index contributed by atoms with van der Waals surface area (Å²) in [6.45, 7) is 2.56. The van der Waals surface area contributed by atoms with Crippen molar-refractivity contribution >= 4 is 0 Å². The van der Waals surface area contributed by atoms with E-state index in [2.05, 4.69) is 0 Å². The van der Waals surface area contributed by atoms with Gasteiger partial charge in [0.1, 0.15) is 0 Å². The molecule has 1 saturated heterocycles. The summed E-state index contributed by atoms with van der Waals surface area (Å²) in [5.74, 6) is 0. The molecule has 0 aromatic heterocycles. The molecule has 66 valence electrons. The lowest BCUT2D eigenvalue weighted by molar-refractivity contribution is -0.140. The van der Waals surface area contributed by atoms with E-state index >= 15 is 0 Å². The zero-order valence-corrected chi connectivity index (χ0v) is 6.92. The minimum absolute atomic E-state index is 0.0841. The molecule has 0 bridgehead atoms. The first-order chi connectivity index (χ1) is 5.17. The summed E-state index contributed by atoms with van der Waals surface area (Å²) in [5, 5.41) is 18.4. The van der Waals surface area contributed by atoms with Crippen LogP contribution in [0.2, 0.25) is 0 Å². The van der Waals surface area contributed by atoms with Crippen LogP contribution >= 0.6 is 0 Å². The predicted octanol–water partition coefficient (Wildman–Crippen LogP) is 0.299. The van der Waals surface area contributed by atoms with Gasteiger partial charge in [0.25, 0.3) is 0 Å². The fourth-order valence-corrected chi connectivity index (χ4v) is 1.51. The molecular formula is C8H16O3. The molecule has 0 aromatic carbocycles. The van der Waals surface area contributed by atoms with E-state index in [1.54, 1.807) is 6.92 Å². The Kier molecular flexibility index (Phi) is 2.87. The second-order valence-corrected chi connectivity index (χ2v) is 3.33. The highest BCUT2D eigenvalue weighted by Crippen LogP contribution is 2.26. The number of rotatable bonds is 2. The highest BCUT2D eigenvalue weighted by atomic mass is 16.5. The molecule has 3 nitrogen and oxygen atoms in total. The van der Waals surface area contributed by atoms with Crippen molar-refractivity contribution in [1.29, 1.82) is 0 Å². The van der Waals surface area contributed by atoms with E-state index in [1.165, 1.54) is 0 Å². The molecule has 2 N–H and O–H groups in total. The van der Waals surface area contributed by atoms with E-state index in [1.807, 2.05) is 0 Å². The van der Waals surface area contributed by atoms with Crippen LogP contribution in [0.4, 0.5) is 0 Å². The van der Waals surface area contributed by atoms with E-state index in [0.29, 0.717) is 13.0 Å². The highest BCUT2D eigenvalue weighted by molar-refractivity contribution is 4.85. The Labute approximate surface area is 67.0 Å². The summed E-state index contributed by atoms with van der Waals surface area (Å²) in [6, 6.07) is 0. The SMILES string of the molecule is CC1(O)CCCOC1CCO. The lowest BCUT2D eigenvalue weighted by Gasteiger charge is -2.36. The second-order valence-electron chi connectivity index (χ2n) is 3.33. The van der Waals surface area contributed by atoms with Crippen LogP contribution in [0, 0.1) is 0 Å². The summed E-state index contributed by atoms with van der Waals surface area (Å²) in [4.78, 5) is 0. The Hall–Kier alpha value is -0.120. The van der Waals surface area contributed by atoms with Gasteiger partial charge >= 0.3 is 0 Å². The minimum Gasteiger partial charge on any atom is -0.396 e. The summed E-state index contributed by atoms with van der Waals surface area (Å²) in [5.41, 5.74) is -0.735. The Morgan fingerprint density at radius 3 is 2.91 bits per heavy atom. The van der Waals surface area contributed by atoms with Crippen molar-refractivity contribution in [2.75, 3.05) is 13.2 Å². The zero-order valence-electron chi connectivity index (χ0n) is 6.92. The summed E-state index contributed by atoms with van der Waals surface area (Å²) < 4.78 is 5.32. The van der Waals surface area contributed by atoms with Gasteiger partial charge in [0.2, 0.25) is 0 Å². The first kappa shape index (κ1) is 8.97. The van der Waals surface area contributed by atoms with Crippen molar-refractivity contribution in [3.05, 3.63) is 0 Å². The van der Waals surface area contributed by atoms with E-state index in [9.17, 15) is 5.11 Å². The summed E-state index contributed by atoms with van der Waals surface area (Å²) in [6.07, 6.45) is 2.04. The fourth-order valence-electron chi connectivity index (χ4n) is 1.51.